The first-order valence-electron chi connectivity index (χ1n) is 6.15. The Bertz CT molecular complexity index is 383. The average Bonchev–Trinajstić information content (AvgIpc) is 2.47. The molecule has 0 radical (unpaired) electrons. The molecule has 122 valence electrons. The molecule has 0 aromatic carbocycles. The number of hydrogen-bond acceptors (Lipinski definition) is 8. The number of carbonyl (C=O) groups excluding carboxylic acids is 2. The standard InChI is InChI=1S/C11H18ClNO8/c12-2-7(18)13-8-5(16)1-11(20,4-15)21-10(8)9(19)6(17)3-14/h4-6,8-10,14,16-17,19-20H,1-3H2,(H,13,18)/t5-,6-,8-,9-,10?,11?/m1/s1. The van der Waals surface area contributed by atoms with Crippen LogP contribution in [-0.4, -0.2) is 86.5 Å². The molecule has 1 aliphatic heterocycles. The van der Waals surface area contributed by atoms with E-state index in [9.17, 15) is 30.0 Å². The average molecular weight is 328 g/mol. The molecule has 6 N–H and O–H groups in total. The normalized spacial score (nSPS) is 35.8. The summed E-state index contributed by atoms with van der Waals surface area (Å²) in [6, 6.07) is -1.23. The largest absolute Gasteiger partial charge is 0.394 e. The molecule has 1 aliphatic rings. The van der Waals surface area contributed by atoms with E-state index in [0.29, 0.717) is 0 Å². The number of hydrogen-bond donors (Lipinski definition) is 6. The van der Waals surface area contributed by atoms with Crippen LogP contribution >= 0.6 is 11.6 Å². The van der Waals surface area contributed by atoms with Crippen LogP contribution in [0.3, 0.4) is 0 Å². The first kappa shape index (κ1) is 18.2. The van der Waals surface area contributed by atoms with E-state index in [4.69, 9.17) is 21.4 Å². The molecule has 1 heterocycles. The van der Waals surface area contributed by atoms with Crippen molar-refractivity contribution in [1.82, 2.24) is 5.32 Å². The lowest BCUT2D eigenvalue weighted by atomic mass is 9.89. The fourth-order valence-corrected chi connectivity index (χ4v) is 2.17. The molecule has 0 bridgehead atoms. The van der Waals surface area contributed by atoms with Gasteiger partial charge in [0.2, 0.25) is 11.7 Å². The summed E-state index contributed by atoms with van der Waals surface area (Å²) in [6.45, 7) is -0.827. The van der Waals surface area contributed by atoms with Gasteiger partial charge < -0.3 is 35.6 Å². The number of aliphatic hydroxyl groups is 5. The van der Waals surface area contributed by atoms with E-state index in [0.717, 1.165) is 0 Å². The number of rotatable bonds is 6. The zero-order valence-corrected chi connectivity index (χ0v) is 11.7. The van der Waals surface area contributed by atoms with Crippen LogP contribution in [0.5, 0.6) is 0 Å². The molecule has 1 rings (SSSR count). The molecule has 1 fully saturated rings. The zero-order chi connectivity index (χ0) is 16.2. The van der Waals surface area contributed by atoms with Crippen LogP contribution < -0.4 is 5.32 Å². The lowest BCUT2D eigenvalue weighted by molar-refractivity contribution is -0.280. The SMILES string of the molecule is O=CC1(O)C[C@@H](O)[C@@H](NC(=O)CCl)C([C@H](O)[C@H](O)CO)O1. The molecule has 0 saturated carbocycles. The third-order valence-corrected chi connectivity index (χ3v) is 3.40. The maximum absolute atomic E-state index is 11.3. The number of nitrogens with one attached hydrogen (secondary N) is 1. The fourth-order valence-electron chi connectivity index (χ4n) is 2.09. The van der Waals surface area contributed by atoms with Gasteiger partial charge in [-0.2, -0.15) is 0 Å². The van der Waals surface area contributed by atoms with Crippen molar-refractivity contribution >= 4 is 23.8 Å². The van der Waals surface area contributed by atoms with E-state index in [1.165, 1.54) is 0 Å². The molecule has 1 saturated heterocycles. The van der Waals surface area contributed by atoms with E-state index >= 15 is 0 Å². The predicted octanol–water partition coefficient (Wildman–Crippen LogP) is -3.54. The Morgan fingerprint density at radius 3 is 2.62 bits per heavy atom. The lowest BCUT2D eigenvalue weighted by Crippen LogP contribution is -2.66. The smallest absolute Gasteiger partial charge is 0.235 e. The Morgan fingerprint density at radius 1 is 1.52 bits per heavy atom. The van der Waals surface area contributed by atoms with Crippen LogP contribution in [0.25, 0.3) is 0 Å². The number of ether oxygens (including phenoxy) is 1. The molecule has 0 spiro atoms. The van der Waals surface area contributed by atoms with Crippen molar-refractivity contribution in [3.63, 3.8) is 0 Å². The minimum atomic E-state index is -2.37. The summed E-state index contributed by atoms with van der Waals surface area (Å²) in [5.41, 5.74) is 0. The van der Waals surface area contributed by atoms with Crippen molar-refractivity contribution in [2.24, 2.45) is 0 Å². The molecule has 21 heavy (non-hydrogen) atoms. The Morgan fingerprint density at radius 2 is 2.14 bits per heavy atom. The molecular weight excluding hydrogens is 310 g/mol. The number of carbonyl (C=O) groups is 2. The summed E-state index contributed by atoms with van der Waals surface area (Å²) in [5, 5.41) is 50.2. The van der Waals surface area contributed by atoms with Gasteiger partial charge in [0.15, 0.2) is 6.29 Å². The third-order valence-electron chi connectivity index (χ3n) is 3.16. The summed E-state index contributed by atoms with van der Waals surface area (Å²) in [5.74, 6) is -3.48. The van der Waals surface area contributed by atoms with Crippen molar-refractivity contribution < 1.29 is 39.9 Å². The molecule has 0 aromatic rings. The van der Waals surface area contributed by atoms with Gasteiger partial charge in [-0.3, -0.25) is 9.59 Å². The van der Waals surface area contributed by atoms with Crippen LogP contribution in [0.2, 0.25) is 0 Å². The van der Waals surface area contributed by atoms with Gasteiger partial charge in [-0.1, -0.05) is 0 Å². The van der Waals surface area contributed by atoms with Crippen molar-refractivity contribution in [1.29, 1.82) is 0 Å². The summed E-state index contributed by atoms with van der Waals surface area (Å²) in [6.07, 6.45) is -6.91. The maximum Gasteiger partial charge on any atom is 0.235 e. The molecule has 9 nitrogen and oxygen atoms in total. The highest BCUT2D eigenvalue weighted by Crippen LogP contribution is 2.28. The topological polar surface area (TPSA) is 157 Å². The second-order valence-electron chi connectivity index (χ2n) is 4.78. The zero-order valence-electron chi connectivity index (χ0n) is 10.9. The summed E-state index contributed by atoms with van der Waals surface area (Å²) in [4.78, 5) is 22.2. The van der Waals surface area contributed by atoms with Gasteiger partial charge in [0, 0.05) is 6.42 Å². The van der Waals surface area contributed by atoms with Crippen molar-refractivity contribution in [2.45, 2.75) is 42.7 Å². The molecule has 0 aliphatic carbocycles. The summed E-state index contributed by atoms with van der Waals surface area (Å²) < 4.78 is 4.98. The van der Waals surface area contributed by atoms with Gasteiger partial charge in [0.05, 0.1) is 18.8 Å². The highest BCUT2D eigenvalue weighted by molar-refractivity contribution is 6.27. The monoisotopic (exact) mass is 327 g/mol. The number of amides is 1. The molecular formula is C11H18ClNO8. The van der Waals surface area contributed by atoms with Gasteiger partial charge in [-0.25, -0.2) is 0 Å². The van der Waals surface area contributed by atoms with E-state index in [-0.39, 0.29) is 6.29 Å². The van der Waals surface area contributed by atoms with Crippen LogP contribution in [0.4, 0.5) is 0 Å². The quantitative estimate of drug-likeness (QED) is 0.216. The van der Waals surface area contributed by atoms with Gasteiger partial charge in [-0.05, 0) is 0 Å². The van der Waals surface area contributed by atoms with E-state index in [2.05, 4.69) is 5.32 Å². The number of halogens is 1. The minimum Gasteiger partial charge on any atom is -0.394 e. The van der Waals surface area contributed by atoms with E-state index in [1.54, 1.807) is 0 Å². The van der Waals surface area contributed by atoms with Crippen LogP contribution in [0.1, 0.15) is 6.42 Å². The second kappa shape index (κ2) is 7.45. The Balaban J connectivity index is 3.01. The van der Waals surface area contributed by atoms with Crippen LogP contribution in [0.15, 0.2) is 0 Å². The van der Waals surface area contributed by atoms with Crippen molar-refractivity contribution in [2.75, 3.05) is 12.5 Å². The highest BCUT2D eigenvalue weighted by Gasteiger charge is 2.50. The third kappa shape index (κ3) is 4.33. The first-order chi connectivity index (χ1) is 9.77. The first-order valence-corrected chi connectivity index (χ1v) is 6.68. The highest BCUT2D eigenvalue weighted by atomic mass is 35.5. The van der Waals surface area contributed by atoms with Crippen LogP contribution in [0, 0.1) is 0 Å². The minimum absolute atomic E-state index is 0.0286. The van der Waals surface area contributed by atoms with Gasteiger partial charge in [0.25, 0.3) is 0 Å². The molecule has 6 atom stereocenters. The van der Waals surface area contributed by atoms with Crippen molar-refractivity contribution in [3.05, 3.63) is 0 Å². The second-order valence-corrected chi connectivity index (χ2v) is 5.05. The van der Waals surface area contributed by atoms with E-state index in [1.807, 2.05) is 0 Å². The maximum atomic E-state index is 11.3. The molecule has 2 unspecified atom stereocenters. The Hall–Kier alpha value is -0.810. The fraction of sp³-hybridized carbons (Fsp3) is 0.818. The van der Waals surface area contributed by atoms with Gasteiger partial charge in [0.1, 0.15) is 24.2 Å². The summed E-state index contributed by atoms with van der Waals surface area (Å²) in [7, 11) is 0. The van der Waals surface area contributed by atoms with Crippen molar-refractivity contribution in [3.8, 4) is 0 Å². The van der Waals surface area contributed by atoms with E-state index < -0.39 is 61.1 Å². The molecule has 1 amide bonds. The van der Waals surface area contributed by atoms with Gasteiger partial charge in [-0.15, -0.1) is 11.6 Å². The number of aldehydes is 1. The Labute approximate surface area is 125 Å². The van der Waals surface area contributed by atoms with Crippen LogP contribution in [-0.2, 0) is 14.3 Å². The number of aliphatic hydroxyl groups excluding tert-OH is 4. The number of alkyl halides is 1. The molecule has 10 heteroatoms. The van der Waals surface area contributed by atoms with Gasteiger partial charge >= 0.3 is 0 Å². The summed E-state index contributed by atoms with van der Waals surface area (Å²) >= 11 is 5.33. The predicted molar refractivity (Wildman–Crippen MR) is 68.3 cm³/mol. The Kier molecular flexibility index (Phi) is 6.47. The molecule has 0 aromatic heterocycles. The lowest BCUT2D eigenvalue weighted by Gasteiger charge is -2.44.